The van der Waals surface area contributed by atoms with Crippen LogP contribution in [0.15, 0.2) is 0 Å². The fraction of sp³-hybridized carbons (Fsp3) is 1.00. The topological polar surface area (TPSA) is 102 Å². The van der Waals surface area contributed by atoms with Gasteiger partial charge in [0.2, 0.25) is 0 Å². The van der Waals surface area contributed by atoms with Crippen molar-refractivity contribution in [1.82, 2.24) is 5.32 Å². The van der Waals surface area contributed by atoms with Gasteiger partial charge in [0, 0.05) is 0 Å². The average Bonchev–Trinajstić information content (AvgIpc) is 2.19. The third-order valence-corrected chi connectivity index (χ3v) is 2.30. The number of likely N-dealkylation sites (N-methyl/N-ethyl adjacent to an activating group) is 1. The van der Waals surface area contributed by atoms with Gasteiger partial charge in [-0.3, -0.25) is 5.32 Å². The number of ether oxygens (including phenoxy) is 1. The molecule has 14 heavy (non-hydrogen) atoms. The third-order valence-electron chi connectivity index (χ3n) is 2.30. The van der Waals surface area contributed by atoms with E-state index in [1.807, 2.05) is 6.92 Å². The first-order valence-corrected chi connectivity index (χ1v) is 4.65. The molecule has 0 spiro atoms. The molecule has 0 amide bonds. The van der Waals surface area contributed by atoms with Crippen molar-refractivity contribution in [3.8, 4) is 0 Å². The Morgan fingerprint density at radius 1 is 1.14 bits per heavy atom. The number of hydrogen-bond acceptors (Lipinski definition) is 6. The molecule has 1 aliphatic heterocycles. The molecule has 6 nitrogen and oxygen atoms in total. The molecule has 0 aromatic heterocycles. The minimum Gasteiger partial charge on any atom is -0.394 e. The Hall–Kier alpha value is -0.240. The Morgan fingerprint density at radius 2 is 1.79 bits per heavy atom. The fourth-order valence-corrected chi connectivity index (χ4v) is 1.47. The molecule has 5 N–H and O–H groups in total. The summed E-state index contributed by atoms with van der Waals surface area (Å²) in [4.78, 5) is 0. The van der Waals surface area contributed by atoms with Gasteiger partial charge < -0.3 is 25.2 Å². The highest BCUT2D eigenvalue weighted by Crippen LogP contribution is 2.19. The van der Waals surface area contributed by atoms with Crippen LogP contribution in [0.1, 0.15) is 6.92 Å². The summed E-state index contributed by atoms with van der Waals surface area (Å²) < 4.78 is 5.15. The number of hydrogen-bond donors (Lipinski definition) is 5. The zero-order valence-corrected chi connectivity index (χ0v) is 8.00. The minimum atomic E-state index is -1.30. The van der Waals surface area contributed by atoms with E-state index in [0.29, 0.717) is 6.54 Å². The van der Waals surface area contributed by atoms with Crippen LogP contribution in [0.3, 0.4) is 0 Å². The van der Waals surface area contributed by atoms with E-state index in [4.69, 9.17) is 9.84 Å². The van der Waals surface area contributed by atoms with Gasteiger partial charge in [0.25, 0.3) is 0 Å². The molecule has 0 aromatic rings. The van der Waals surface area contributed by atoms with Gasteiger partial charge in [-0.05, 0) is 6.54 Å². The number of nitrogens with one attached hydrogen (secondary N) is 1. The summed E-state index contributed by atoms with van der Waals surface area (Å²) in [5, 5.41) is 39.9. The van der Waals surface area contributed by atoms with Crippen molar-refractivity contribution in [3.63, 3.8) is 0 Å². The monoisotopic (exact) mass is 207 g/mol. The standard InChI is InChI=1S/C8H17NO5/c1-2-9-8-7(13)6(12)5(11)4(3-10)14-8/h4-13H,2-3H2,1H3/t4-,5-,6+,7+,8-/m1/s1. The molecule has 0 aromatic carbocycles. The predicted molar refractivity (Wildman–Crippen MR) is 47.4 cm³/mol. The molecular formula is C8H17NO5. The summed E-state index contributed by atoms with van der Waals surface area (Å²) in [6, 6.07) is 0. The van der Waals surface area contributed by atoms with Crippen LogP contribution in [0.5, 0.6) is 0 Å². The van der Waals surface area contributed by atoms with Crippen LogP contribution < -0.4 is 5.32 Å². The van der Waals surface area contributed by atoms with Gasteiger partial charge in [-0.15, -0.1) is 0 Å². The molecule has 84 valence electrons. The van der Waals surface area contributed by atoms with Crippen molar-refractivity contribution >= 4 is 0 Å². The second kappa shape index (κ2) is 5.01. The molecule has 1 heterocycles. The summed E-state index contributed by atoms with van der Waals surface area (Å²) >= 11 is 0. The summed E-state index contributed by atoms with van der Waals surface area (Å²) in [5.41, 5.74) is 0. The molecule has 0 radical (unpaired) electrons. The van der Waals surface area contributed by atoms with Crippen molar-refractivity contribution in [2.75, 3.05) is 13.2 Å². The molecule has 0 aliphatic carbocycles. The van der Waals surface area contributed by atoms with Crippen LogP contribution in [0.4, 0.5) is 0 Å². The van der Waals surface area contributed by atoms with Crippen LogP contribution in [-0.2, 0) is 4.74 Å². The maximum absolute atomic E-state index is 9.47. The largest absolute Gasteiger partial charge is 0.394 e. The molecule has 5 atom stereocenters. The fourth-order valence-electron chi connectivity index (χ4n) is 1.47. The Labute approximate surface area is 82.1 Å². The number of aliphatic hydroxyl groups is 4. The van der Waals surface area contributed by atoms with E-state index in [2.05, 4.69) is 5.32 Å². The lowest BCUT2D eigenvalue weighted by Crippen LogP contribution is -2.62. The minimum absolute atomic E-state index is 0.396. The van der Waals surface area contributed by atoms with Gasteiger partial charge in [-0.2, -0.15) is 0 Å². The van der Waals surface area contributed by atoms with Gasteiger partial charge in [-0.1, -0.05) is 6.92 Å². The molecule has 0 unspecified atom stereocenters. The highest BCUT2D eigenvalue weighted by Gasteiger charge is 2.42. The Kier molecular flexibility index (Phi) is 4.24. The number of rotatable bonds is 3. The lowest BCUT2D eigenvalue weighted by Gasteiger charge is -2.40. The van der Waals surface area contributed by atoms with E-state index < -0.39 is 37.3 Å². The van der Waals surface area contributed by atoms with E-state index in [1.54, 1.807) is 0 Å². The van der Waals surface area contributed by atoms with Crippen molar-refractivity contribution in [1.29, 1.82) is 0 Å². The third kappa shape index (κ3) is 2.22. The first-order chi connectivity index (χ1) is 6.61. The Morgan fingerprint density at radius 3 is 2.29 bits per heavy atom. The van der Waals surface area contributed by atoms with Crippen LogP contribution in [0.2, 0.25) is 0 Å². The summed E-state index contributed by atoms with van der Waals surface area (Å²) in [5.74, 6) is 0. The van der Waals surface area contributed by atoms with Crippen molar-refractivity contribution in [3.05, 3.63) is 0 Å². The van der Waals surface area contributed by atoms with Crippen LogP contribution in [-0.4, -0.2) is 64.2 Å². The van der Waals surface area contributed by atoms with Crippen LogP contribution in [0, 0.1) is 0 Å². The quantitative estimate of drug-likeness (QED) is 0.348. The molecule has 1 fully saturated rings. The van der Waals surface area contributed by atoms with E-state index in [9.17, 15) is 15.3 Å². The zero-order chi connectivity index (χ0) is 10.7. The van der Waals surface area contributed by atoms with Crippen molar-refractivity contribution in [2.24, 2.45) is 0 Å². The van der Waals surface area contributed by atoms with Crippen LogP contribution >= 0.6 is 0 Å². The highest BCUT2D eigenvalue weighted by atomic mass is 16.6. The van der Waals surface area contributed by atoms with Gasteiger partial charge in [0.15, 0.2) is 0 Å². The molecular weight excluding hydrogens is 190 g/mol. The lowest BCUT2D eigenvalue weighted by atomic mass is 9.98. The normalized spacial score (nSPS) is 43.9. The molecule has 1 aliphatic rings. The van der Waals surface area contributed by atoms with Crippen LogP contribution in [0.25, 0.3) is 0 Å². The lowest BCUT2D eigenvalue weighted by molar-refractivity contribution is -0.236. The SMILES string of the molecule is CCN[C@@H]1O[C@H](CO)[C@@H](O)[C@H](O)[C@@H]1O. The van der Waals surface area contributed by atoms with E-state index in [0.717, 1.165) is 0 Å². The second-order valence-electron chi connectivity index (χ2n) is 3.31. The summed E-state index contributed by atoms with van der Waals surface area (Å²) in [6.45, 7) is 1.98. The van der Waals surface area contributed by atoms with Gasteiger partial charge in [-0.25, -0.2) is 0 Å². The second-order valence-corrected chi connectivity index (χ2v) is 3.31. The van der Waals surface area contributed by atoms with E-state index in [-0.39, 0.29) is 0 Å². The van der Waals surface area contributed by atoms with E-state index >= 15 is 0 Å². The van der Waals surface area contributed by atoms with E-state index in [1.165, 1.54) is 0 Å². The molecule has 1 saturated heterocycles. The predicted octanol–water partition coefficient (Wildman–Crippen LogP) is -2.60. The summed E-state index contributed by atoms with van der Waals surface area (Å²) in [6.07, 6.45) is -5.37. The highest BCUT2D eigenvalue weighted by molar-refractivity contribution is 4.90. The van der Waals surface area contributed by atoms with Gasteiger partial charge in [0.1, 0.15) is 30.6 Å². The average molecular weight is 207 g/mol. The molecule has 1 rings (SSSR count). The first-order valence-electron chi connectivity index (χ1n) is 4.65. The van der Waals surface area contributed by atoms with Crippen molar-refractivity contribution in [2.45, 2.75) is 37.6 Å². The Bertz CT molecular complexity index is 175. The molecule has 0 bridgehead atoms. The van der Waals surface area contributed by atoms with Gasteiger partial charge in [0.05, 0.1) is 6.61 Å². The maximum atomic E-state index is 9.47. The summed E-state index contributed by atoms with van der Waals surface area (Å²) in [7, 11) is 0. The smallest absolute Gasteiger partial charge is 0.137 e. The molecule has 0 saturated carbocycles. The maximum Gasteiger partial charge on any atom is 0.137 e. The van der Waals surface area contributed by atoms with Gasteiger partial charge >= 0.3 is 0 Å². The first kappa shape index (κ1) is 11.8. The zero-order valence-electron chi connectivity index (χ0n) is 8.00. The molecule has 6 heteroatoms. The Balaban J connectivity index is 2.63. The number of aliphatic hydroxyl groups excluding tert-OH is 4. The van der Waals surface area contributed by atoms with Crippen molar-refractivity contribution < 1.29 is 25.2 Å².